The minimum Gasteiger partial charge on any atom is -0.466 e. The molecule has 0 unspecified atom stereocenters. The van der Waals surface area contributed by atoms with Gasteiger partial charge in [-0.1, -0.05) is 6.92 Å². The van der Waals surface area contributed by atoms with Crippen LogP contribution in [0, 0.1) is 0 Å². The molecule has 6 heteroatoms. The fourth-order valence-corrected chi connectivity index (χ4v) is 0.930. The number of likely N-dealkylation sites (N-methyl/N-ethyl adjacent to an activating group) is 1. The minimum absolute atomic E-state index is 0.0221. The van der Waals surface area contributed by atoms with Gasteiger partial charge in [0.1, 0.15) is 6.61 Å². The Morgan fingerprint density at radius 2 is 1.76 bits per heavy atom. The van der Waals surface area contributed by atoms with Crippen molar-refractivity contribution >= 4 is 17.8 Å². The molecule has 0 aromatic heterocycles. The lowest BCUT2D eigenvalue weighted by Crippen LogP contribution is -2.29. The number of amides is 1. The third-order valence-corrected chi connectivity index (χ3v) is 1.96. The predicted octanol–water partition coefficient (Wildman–Crippen LogP) is 0.127. The molecule has 0 saturated carbocycles. The highest BCUT2D eigenvalue weighted by Gasteiger charge is 2.06. The van der Waals surface area contributed by atoms with Crippen molar-refractivity contribution in [2.75, 3.05) is 27.3 Å². The van der Waals surface area contributed by atoms with Crippen LogP contribution >= 0.6 is 0 Å². The smallest absolute Gasteiger partial charge is 0.331 e. The quantitative estimate of drug-likeness (QED) is 0.489. The molecule has 0 N–H and O–H groups in total. The topological polar surface area (TPSA) is 72.9 Å². The molecular weight excluding hydrogens is 226 g/mol. The number of ether oxygens (including phenoxy) is 2. The van der Waals surface area contributed by atoms with Crippen molar-refractivity contribution in [2.45, 2.75) is 13.3 Å². The van der Waals surface area contributed by atoms with E-state index in [1.54, 1.807) is 14.0 Å². The van der Waals surface area contributed by atoms with Crippen molar-refractivity contribution in [3.8, 4) is 0 Å². The molecule has 6 nitrogen and oxygen atoms in total. The fourth-order valence-electron chi connectivity index (χ4n) is 0.930. The molecule has 0 aliphatic rings. The molecule has 0 fully saturated rings. The summed E-state index contributed by atoms with van der Waals surface area (Å²) in [4.78, 5) is 34.3. The van der Waals surface area contributed by atoms with E-state index in [1.807, 2.05) is 0 Å². The number of methoxy groups -OCH3 is 1. The van der Waals surface area contributed by atoms with Crippen LogP contribution in [0.1, 0.15) is 13.3 Å². The summed E-state index contributed by atoms with van der Waals surface area (Å²) in [5.74, 6) is -1.29. The molecule has 0 atom stereocenters. The first-order valence-corrected chi connectivity index (χ1v) is 5.18. The van der Waals surface area contributed by atoms with Crippen molar-refractivity contribution in [3.63, 3.8) is 0 Å². The van der Waals surface area contributed by atoms with Crippen molar-refractivity contribution in [2.24, 2.45) is 0 Å². The Morgan fingerprint density at radius 1 is 1.18 bits per heavy atom. The van der Waals surface area contributed by atoms with Crippen LogP contribution < -0.4 is 0 Å². The molecule has 0 aliphatic carbocycles. The molecule has 0 spiro atoms. The Bertz CT molecular complexity index is 311. The zero-order valence-corrected chi connectivity index (χ0v) is 10.3. The lowest BCUT2D eigenvalue weighted by atomic mass is 10.4. The molecular formula is C11H17NO5. The van der Waals surface area contributed by atoms with E-state index in [-0.39, 0.29) is 12.5 Å². The number of carbonyl (C=O) groups is 3. The lowest BCUT2D eigenvalue weighted by molar-refractivity contribution is -0.141. The first-order chi connectivity index (χ1) is 8.01. The van der Waals surface area contributed by atoms with Gasteiger partial charge in [0.15, 0.2) is 0 Å². The zero-order valence-electron chi connectivity index (χ0n) is 10.3. The highest BCUT2D eigenvalue weighted by molar-refractivity contribution is 5.91. The molecule has 0 heterocycles. The van der Waals surface area contributed by atoms with E-state index in [0.717, 1.165) is 12.2 Å². The van der Waals surface area contributed by atoms with Gasteiger partial charge in [-0.3, -0.25) is 4.79 Å². The molecule has 0 radical (unpaired) electrons. The van der Waals surface area contributed by atoms with Crippen LogP contribution in [0.3, 0.4) is 0 Å². The predicted molar refractivity (Wildman–Crippen MR) is 60.0 cm³/mol. The van der Waals surface area contributed by atoms with Crippen molar-refractivity contribution in [1.29, 1.82) is 0 Å². The first-order valence-electron chi connectivity index (χ1n) is 5.18. The standard InChI is InChI=1S/C11H17NO5/c1-4-9(13)12(2)7-8-17-11(15)6-5-10(14)16-3/h5-6H,4,7-8H2,1-3H3/b6-5+. The van der Waals surface area contributed by atoms with Crippen LogP contribution in [0.5, 0.6) is 0 Å². The van der Waals surface area contributed by atoms with Gasteiger partial charge in [-0.15, -0.1) is 0 Å². The van der Waals surface area contributed by atoms with Crippen LogP contribution in [-0.4, -0.2) is 50.1 Å². The molecule has 17 heavy (non-hydrogen) atoms. The molecule has 0 rings (SSSR count). The molecule has 0 aromatic carbocycles. The minimum atomic E-state index is -0.646. The molecule has 96 valence electrons. The van der Waals surface area contributed by atoms with Crippen molar-refractivity contribution < 1.29 is 23.9 Å². The SMILES string of the molecule is CCC(=O)N(C)CCOC(=O)/C=C/C(=O)OC. The average molecular weight is 243 g/mol. The van der Waals surface area contributed by atoms with E-state index in [1.165, 1.54) is 12.0 Å². The number of carbonyl (C=O) groups excluding carboxylic acids is 3. The van der Waals surface area contributed by atoms with E-state index < -0.39 is 11.9 Å². The van der Waals surface area contributed by atoms with Gasteiger partial charge < -0.3 is 14.4 Å². The Labute approximate surface area is 100 Å². The second-order valence-electron chi connectivity index (χ2n) is 3.19. The van der Waals surface area contributed by atoms with Crippen molar-refractivity contribution in [1.82, 2.24) is 4.90 Å². The summed E-state index contributed by atoms with van der Waals surface area (Å²) in [6.07, 6.45) is 2.36. The van der Waals surface area contributed by atoms with Gasteiger partial charge in [-0.2, -0.15) is 0 Å². The number of hydrogen-bond acceptors (Lipinski definition) is 5. The summed E-state index contributed by atoms with van der Waals surface area (Å²) < 4.78 is 9.08. The van der Waals surface area contributed by atoms with Crippen LogP contribution in [0.15, 0.2) is 12.2 Å². The Morgan fingerprint density at radius 3 is 2.29 bits per heavy atom. The van der Waals surface area contributed by atoms with Gasteiger partial charge in [0.05, 0.1) is 13.7 Å². The van der Waals surface area contributed by atoms with E-state index >= 15 is 0 Å². The van der Waals surface area contributed by atoms with E-state index in [9.17, 15) is 14.4 Å². The lowest BCUT2D eigenvalue weighted by Gasteiger charge is -2.15. The summed E-state index contributed by atoms with van der Waals surface area (Å²) in [6, 6.07) is 0. The summed E-state index contributed by atoms with van der Waals surface area (Å²) in [7, 11) is 2.84. The van der Waals surface area contributed by atoms with E-state index in [2.05, 4.69) is 4.74 Å². The van der Waals surface area contributed by atoms with Gasteiger partial charge in [0.25, 0.3) is 0 Å². The molecule has 0 saturated heterocycles. The van der Waals surface area contributed by atoms with Crippen molar-refractivity contribution in [3.05, 3.63) is 12.2 Å². The summed E-state index contributed by atoms with van der Waals surface area (Å²) in [6.45, 7) is 2.17. The third kappa shape index (κ3) is 7.10. The average Bonchev–Trinajstić information content (AvgIpc) is 2.34. The largest absolute Gasteiger partial charge is 0.466 e. The Balaban J connectivity index is 3.82. The Kier molecular flexibility index (Phi) is 7.41. The van der Waals surface area contributed by atoms with E-state index in [4.69, 9.17) is 4.74 Å². The fraction of sp³-hybridized carbons (Fsp3) is 0.545. The molecule has 0 bridgehead atoms. The maximum atomic E-state index is 11.2. The zero-order chi connectivity index (χ0) is 13.3. The van der Waals surface area contributed by atoms with Gasteiger partial charge in [-0.05, 0) is 0 Å². The normalized spacial score (nSPS) is 10.1. The van der Waals surface area contributed by atoms with Crippen LogP contribution in [-0.2, 0) is 23.9 Å². The van der Waals surface area contributed by atoms with Crippen LogP contribution in [0.25, 0.3) is 0 Å². The Hall–Kier alpha value is -1.85. The molecule has 0 aromatic rings. The summed E-state index contributed by atoms with van der Waals surface area (Å²) in [5, 5.41) is 0. The third-order valence-electron chi connectivity index (χ3n) is 1.96. The maximum absolute atomic E-state index is 11.2. The molecule has 0 aliphatic heterocycles. The van der Waals surface area contributed by atoms with Gasteiger partial charge in [0, 0.05) is 25.6 Å². The number of hydrogen-bond donors (Lipinski definition) is 0. The second kappa shape index (κ2) is 8.32. The molecule has 1 amide bonds. The number of rotatable bonds is 6. The van der Waals surface area contributed by atoms with Crippen LogP contribution in [0.4, 0.5) is 0 Å². The van der Waals surface area contributed by atoms with Gasteiger partial charge in [-0.25, -0.2) is 9.59 Å². The number of nitrogens with zero attached hydrogens (tertiary/aromatic N) is 1. The number of esters is 2. The second-order valence-corrected chi connectivity index (χ2v) is 3.19. The van der Waals surface area contributed by atoms with E-state index in [0.29, 0.717) is 13.0 Å². The van der Waals surface area contributed by atoms with Gasteiger partial charge >= 0.3 is 11.9 Å². The first kappa shape index (κ1) is 15.2. The monoisotopic (exact) mass is 243 g/mol. The highest BCUT2D eigenvalue weighted by atomic mass is 16.5. The summed E-state index contributed by atoms with van der Waals surface area (Å²) in [5.41, 5.74) is 0. The maximum Gasteiger partial charge on any atom is 0.331 e. The van der Waals surface area contributed by atoms with Crippen LogP contribution in [0.2, 0.25) is 0 Å². The summed E-state index contributed by atoms with van der Waals surface area (Å²) >= 11 is 0. The van der Waals surface area contributed by atoms with Gasteiger partial charge in [0.2, 0.25) is 5.91 Å². The highest BCUT2D eigenvalue weighted by Crippen LogP contribution is 1.91.